The van der Waals surface area contributed by atoms with Crippen LogP contribution in [0.15, 0.2) is 24.5 Å². The summed E-state index contributed by atoms with van der Waals surface area (Å²) in [7, 11) is 0. The van der Waals surface area contributed by atoms with E-state index in [0.29, 0.717) is 18.4 Å². The van der Waals surface area contributed by atoms with E-state index in [4.69, 9.17) is 4.74 Å². The minimum atomic E-state index is -0.413. The van der Waals surface area contributed by atoms with Crippen LogP contribution >= 0.6 is 0 Å². The van der Waals surface area contributed by atoms with E-state index in [0.717, 1.165) is 38.4 Å². The molecule has 8 heteroatoms. The highest BCUT2D eigenvalue weighted by Gasteiger charge is 2.18. The molecule has 23 heavy (non-hydrogen) atoms. The second kappa shape index (κ2) is 7.28. The Morgan fingerprint density at radius 1 is 1.09 bits per heavy atom. The molecule has 3 rings (SSSR count). The summed E-state index contributed by atoms with van der Waals surface area (Å²) in [6.45, 7) is 6.71. The highest BCUT2D eigenvalue weighted by molar-refractivity contribution is 5.29. The maximum atomic E-state index is 12.8. The van der Waals surface area contributed by atoms with E-state index in [1.807, 2.05) is 19.1 Å². The first-order chi connectivity index (χ1) is 11.2. The van der Waals surface area contributed by atoms with Crippen LogP contribution in [0.3, 0.4) is 0 Å². The van der Waals surface area contributed by atoms with Gasteiger partial charge in [0.2, 0.25) is 11.8 Å². The first-order valence-electron chi connectivity index (χ1n) is 7.59. The molecule has 1 saturated heterocycles. The molecule has 1 aliphatic heterocycles. The van der Waals surface area contributed by atoms with Crippen LogP contribution in [0.1, 0.15) is 5.69 Å². The molecular weight excluding hydrogens is 299 g/mol. The Balaban J connectivity index is 1.40. The van der Waals surface area contributed by atoms with E-state index in [1.54, 1.807) is 0 Å². The van der Waals surface area contributed by atoms with Crippen LogP contribution in [-0.2, 0) is 0 Å². The summed E-state index contributed by atoms with van der Waals surface area (Å²) in [5.74, 6) is 0.718. The molecule has 122 valence electrons. The van der Waals surface area contributed by atoms with Gasteiger partial charge in [0.1, 0.15) is 6.61 Å². The lowest BCUT2D eigenvalue weighted by Crippen LogP contribution is -2.48. The van der Waals surface area contributed by atoms with Crippen LogP contribution in [0, 0.1) is 12.7 Å². The van der Waals surface area contributed by atoms with Crippen molar-refractivity contribution in [3.8, 4) is 5.88 Å². The van der Waals surface area contributed by atoms with Crippen LogP contribution in [0.2, 0.25) is 0 Å². The zero-order valence-electron chi connectivity index (χ0n) is 13.0. The standard InChI is InChI=1S/C15H19FN6O/c1-12-2-3-14(20-19-12)23-9-8-21-4-6-22(7-5-21)15-17-10-13(16)11-18-15/h2-3,10-11H,4-9H2,1H3. The Morgan fingerprint density at radius 3 is 2.48 bits per heavy atom. The zero-order chi connectivity index (χ0) is 16.1. The first-order valence-corrected chi connectivity index (χ1v) is 7.59. The molecule has 0 atom stereocenters. The van der Waals surface area contributed by atoms with Gasteiger partial charge >= 0.3 is 0 Å². The molecule has 0 spiro atoms. The van der Waals surface area contributed by atoms with Crippen molar-refractivity contribution in [2.24, 2.45) is 0 Å². The predicted molar refractivity (Wildman–Crippen MR) is 82.9 cm³/mol. The van der Waals surface area contributed by atoms with Gasteiger partial charge in [0.15, 0.2) is 5.82 Å². The number of hydrogen-bond donors (Lipinski definition) is 0. The molecule has 0 bridgehead atoms. The molecule has 1 aliphatic rings. The second-order valence-corrected chi connectivity index (χ2v) is 5.39. The Hall–Kier alpha value is -2.35. The molecule has 2 aromatic heterocycles. The number of hydrogen-bond acceptors (Lipinski definition) is 7. The monoisotopic (exact) mass is 318 g/mol. The molecule has 0 radical (unpaired) electrons. The highest BCUT2D eigenvalue weighted by Crippen LogP contribution is 2.10. The number of nitrogens with zero attached hydrogens (tertiary/aromatic N) is 6. The van der Waals surface area contributed by atoms with Crippen molar-refractivity contribution in [3.63, 3.8) is 0 Å². The topological polar surface area (TPSA) is 67.3 Å². The first kappa shape index (κ1) is 15.5. The van der Waals surface area contributed by atoms with E-state index in [-0.39, 0.29) is 0 Å². The molecule has 0 N–H and O–H groups in total. The zero-order valence-corrected chi connectivity index (χ0v) is 13.0. The van der Waals surface area contributed by atoms with Gasteiger partial charge < -0.3 is 9.64 Å². The number of aromatic nitrogens is 4. The molecule has 0 aromatic carbocycles. The van der Waals surface area contributed by atoms with Crippen molar-refractivity contribution in [3.05, 3.63) is 36.0 Å². The smallest absolute Gasteiger partial charge is 0.233 e. The van der Waals surface area contributed by atoms with Crippen LogP contribution in [-0.4, -0.2) is 64.4 Å². The average molecular weight is 318 g/mol. The minimum Gasteiger partial charge on any atom is -0.475 e. The van der Waals surface area contributed by atoms with Crippen LogP contribution in [0.5, 0.6) is 5.88 Å². The van der Waals surface area contributed by atoms with Gasteiger partial charge in [-0.25, -0.2) is 14.4 Å². The third-order valence-corrected chi connectivity index (χ3v) is 3.69. The number of aryl methyl sites for hydroxylation is 1. The number of rotatable bonds is 5. The van der Waals surface area contributed by atoms with Gasteiger partial charge in [0.05, 0.1) is 18.1 Å². The van der Waals surface area contributed by atoms with Crippen LogP contribution in [0.4, 0.5) is 10.3 Å². The fraction of sp³-hybridized carbons (Fsp3) is 0.467. The molecule has 3 heterocycles. The van der Waals surface area contributed by atoms with E-state index >= 15 is 0 Å². The fourth-order valence-corrected chi connectivity index (χ4v) is 2.38. The number of ether oxygens (including phenoxy) is 1. The molecular formula is C15H19FN6O. The van der Waals surface area contributed by atoms with E-state index in [2.05, 4.69) is 30.0 Å². The quantitative estimate of drug-likeness (QED) is 0.812. The Bertz CT molecular complexity index is 610. The normalized spacial score (nSPS) is 15.7. The Morgan fingerprint density at radius 2 is 1.83 bits per heavy atom. The van der Waals surface area contributed by atoms with Crippen LogP contribution in [0.25, 0.3) is 0 Å². The van der Waals surface area contributed by atoms with Crippen molar-refractivity contribution in [2.75, 3.05) is 44.2 Å². The lowest BCUT2D eigenvalue weighted by molar-refractivity contribution is 0.195. The summed E-state index contributed by atoms with van der Waals surface area (Å²) >= 11 is 0. The lowest BCUT2D eigenvalue weighted by atomic mass is 10.3. The summed E-state index contributed by atoms with van der Waals surface area (Å²) in [5, 5.41) is 7.93. The molecule has 0 aliphatic carbocycles. The van der Waals surface area contributed by atoms with Crippen molar-refractivity contribution >= 4 is 5.95 Å². The molecule has 0 saturated carbocycles. The van der Waals surface area contributed by atoms with Gasteiger partial charge in [0, 0.05) is 38.8 Å². The minimum absolute atomic E-state index is 0.413. The van der Waals surface area contributed by atoms with Gasteiger partial charge in [0.25, 0.3) is 0 Å². The number of anilines is 1. The largest absolute Gasteiger partial charge is 0.475 e. The van der Waals surface area contributed by atoms with Gasteiger partial charge in [-0.3, -0.25) is 4.90 Å². The van der Waals surface area contributed by atoms with E-state index in [1.165, 1.54) is 12.4 Å². The van der Waals surface area contributed by atoms with E-state index < -0.39 is 5.82 Å². The third kappa shape index (κ3) is 4.32. The Labute approximate surface area is 134 Å². The Kier molecular flexibility index (Phi) is 4.92. The van der Waals surface area contributed by atoms with Crippen molar-refractivity contribution in [1.82, 2.24) is 25.1 Å². The third-order valence-electron chi connectivity index (χ3n) is 3.69. The molecule has 0 amide bonds. The summed E-state index contributed by atoms with van der Waals surface area (Å²) in [6.07, 6.45) is 2.40. The van der Waals surface area contributed by atoms with E-state index in [9.17, 15) is 4.39 Å². The average Bonchev–Trinajstić information content (AvgIpc) is 2.58. The summed E-state index contributed by atoms with van der Waals surface area (Å²) in [5.41, 5.74) is 0.872. The maximum Gasteiger partial charge on any atom is 0.233 e. The summed E-state index contributed by atoms with van der Waals surface area (Å²) in [4.78, 5) is 12.4. The number of piperazine rings is 1. The van der Waals surface area contributed by atoms with Gasteiger partial charge in [-0.2, -0.15) is 5.10 Å². The molecule has 0 unspecified atom stereocenters. The van der Waals surface area contributed by atoms with Crippen molar-refractivity contribution in [1.29, 1.82) is 0 Å². The summed E-state index contributed by atoms with van der Waals surface area (Å²) in [6, 6.07) is 3.70. The second-order valence-electron chi connectivity index (χ2n) is 5.39. The van der Waals surface area contributed by atoms with Gasteiger partial charge in [-0.1, -0.05) is 0 Å². The van der Waals surface area contributed by atoms with Crippen molar-refractivity contribution < 1.29 is 9.13 Å². The van der Waals surface area contributed by atoms with Gasteiger partial charge in [-0.15, -0.1) is 5.10 Å². The molecule has 7 nitrogen and oxygen atoms in total. The predicted octanol–water partition coefficient (Wildman–Crippen LogP) is 0.915. The van der Waals surface area contributed by atoms with Crippen molar-refractivity contribution in [2.45, 2.75) is 6.92 Å². The van der Waals surface area contributed by atoms with Crippen LogP contribution < -0.4 is 9.64 Å². The lowest BCUT2D eigenvalue weighted by Gasteiger charge is -2.34. The molecule has 2 aromatic rings. The molecule has 1 fully saturated rings. The van der Waals surface area contributed by atoms with Gasteiger partial charge in [-0.05, 0) is 13.0 Å². The fourth-order valence-electron chi connectivity index (χ4n) is 2.38. The SMILES string of the molecule is Cc1ccc(OCCN2CCN(c3ncc(F)cn3)CC2)nn1. The highest BCUT2D eigenvalue weighted by atomic mass is 19.1. The maximum absolute atomic E-state index is 12.8. The summed E-state index contributed by atoms with van der Waals surface area (Å²) < 4.78 is 18.4. The number of halogens is 1.